The van der Waals surface area contributed by atoms with E-state index in [2.05, 4.69) is 10.5 Å². The van der Waals surface area contributed by atoms with Gasteiger partial charge in [0.25, 0.3) is 0 Å². The number of allylic oxidation sites excluding steroid dienone is 4. The maximum Gasteiger partial charge on any atom is 0.243 e. The van der Waals surface area contributed by atoms with Gasteiger partial charge in [0, 0.05) is 24.2 Å². The molecular formula is C31H36N4O4S. The van der Waals surface area contributed by atoms with E-state index >= 15 is 0 Å². The molecule has 3 aromatic rings. The van der Waals surface area contributed by atoms with Gasteiger partial charge in [0.15, 0.2) is 5.75 Å². The first kappa shape index (κ1) is 28.9. The number of nitrogens with one attached hydrogen (secondary N) is 1. The number of hydrogen-bond acceptors (Lipinski definition) is 7. The number of aryl methyl sites for hydroxylation is 2. The fourth-order valence-corrected chi connectivity index (χ4v) is 6.29. The van der Waals surface area contributed by atoms with E-state index in [0.717, 1.165) is 33.2 Å². The average molecular weight is 561 g/mol. The lowest BCUT2D eigenvalue weighted by atomic mass is 9.96. The van der Waals surface area contributed by atoms with Crippen LogP contribution in [0.1, 0.15) is 37.5 Å². The number of phenols is 1. The summed E-state index contributed by atoms with van der Waals surface area (Å²) in [5.74, 6) is 0.585. The molecule has 1 aliphatic carbocycles. The van der Waals surface area contributed by atoms with Crippen LogP contribution in [-0.4, -0.2) is 43.7 Å². The van der Waals surface area contributed by atoms with E-state index in [4.69, 9.17) is 10.5 Å². The predicted octanol–water partition coefficient (Wildman–Crippen LogP) is 6.12. The summed E-state index contributed by atoms with van der Waals surface area (Å²) in [4.78, 5) is 0.270. The predicted molar refractivity (Wildman–Crippen MR) is 164 cm³/mol. The summed E-state index contributed by atoms with van der Waals surface area (Å²) in [5, 5.41) is 17.0. The highest BCUT2D eigenvalue weighted by Crippen LogP contribution is 2.39. The molecule has 0 aliphatic heterocycles. The Hall–Kier alpha value is -4.08. The van der Waals surface area contributed by atoms with Crippen molar-refractivity contribution in [1.29, 1.82) is 0 Å². The van der Waals surface area contributed by atoms with E-state index < -0.39 is 10.0 Å². The summed E-state index contributed by atoms with van der Waals surface area (Å²) in [6, 6.07) is 12.6. The molecule has 0 saturated carbocycles. The van der Waals surface area contributed by atoms with Crippen molar-refractivity contribution in [3.05, 3.63) is 88.2 Å². The van der Waals surface area contributed by atoms with Gasteiger partial charge in [-0.05, 0) is 96.5 Å². The molecule has 0 bridgehead atoms. The van der Waals surface area contributed by atoms with Gasteiger partial charge in [-0.3, -0.25) is 5.43 Å². The van der Waals surface area contributed by atoms with Crippen LogP contribution in [0.5, 0.6) is 5.75 Å². The summed E-state index contributed by atoms with van der Waals surface area (Å²) in [7, 11) is -1.94. The third kappa shape index (κ3) is 5.61. The lowest BCUT2D eigenvalue weighted by Gasteiger charge is -2.18. The summed E-state index contributed by atoms with van der Waals surface area (Å²) < 4.78 is 32.7. The second-order valence-electron chi connectivity index (χ2n) is 9.78. The normalized spacial score (nSPS) is 16.0. The maximum absolute atomic E-state index is 12.8. The van der Waals surface area contributed by atoms with Crippen molar-refractivity contribution in [3.63, 3.8) is 0 Å². The second kappa shape index (κ2) is 11.6. The van der Waals surface area contributed by atoms with E-state index in [1.165, 1.54) is 4.31 Å². The summed E-state index contributed by atoms with van der Waals surface area (Å²) in [6.45, 7) is 10.3. The number of fused-ring (bicyclic) bond motifs is 1. The Balaban J connectivity index is 1.62. The summed E-state index contributed by atoms with van der Waals surface area (Å²) in [6.07, 6.45) is 5.74. The van der Waals surface area contributed by atoms with Crippen LogP contribution in [0.3, 0.4) is 0 Å². The molecule has 0 heterocycles. The van der Waals surface area contributed by atoms with E-state index in [-0.39, 0.29) is 10.6 Å². The topological polar surface area (TPSA) is 117 Å². The SMILES string of the molecule is CCN(CC)S(=O)(=O)c1ccc(C=C2C=C(OC)C(=NNc3c(C)cc4cc(C)cc(N)c4c3O)C=C2C)cc1. The monoisotopic (exact) mass is 560 g/mol. The van der Waals surface area contributed by atoms with Crippen LogP contribution in [0.15, 0.2) is 81.5 Å². The van der Waals surface area contributed by atoms with Gasteiger partial charge in [-0.1, -0.05) is 32.0 Å². The van der Waals surface area contributed by atoms with Crippen molar-refractivity contribution >= 4 is 44.0 Å². The number of hydrogen-bond donors (Lipinski definition) is 3. The zero-order chi connectivity index (χ0) is 29.2. The number of rotatable bonds is 8. The number of aromatic hydroxyl groups is 1. The van der Waals surface area contributed by atoms with Gasteiger partial charge in [-0.25, -0.2) is 8.42 Å². The Morgan fingerprint density at radius 1 is 1.05 bits per heavy atom. The molecule has 0 unspecified atom stereocenters. The zero-order valence-corrected chi connectivity index (χ0v) is 24.6. The Labute approximate surface area is 236 Å². The fourth-order valence-electron chi connectivity index (χ4n) is 4.83. The number of hydrazone groups is 1. The number of sulfonamides is 1. The molecule has 4 N–H and O–H groups in total. The van der Waals surface area contributed by atoms with Crippen LogP contribution in [0.4, 0.5) is 11.4 Å². The molecule has 1 aliphatic rings. The smallest absolute Gasteiger partial charge is 0.243 e. The summed E-state index contributed by atoms with van der Waals surface area (Å²) in [5.41, 5.74) is 15.3. The van der Waals surface area contributed by atoms with E-state index in [1.807, 2.05) is 71.0 Å². The van der Waals surface area contributed by atoms with Gasteiger partial charge < -0.3 is 15.6 Å². The van der Waals surface area contributed by atoms with Crippen molar-refractivity contribution in [2.45, 2.75) is 39.5 Å². The fraction of sp³-hybridized carbons (Fsp3) is 0.258. The van der Waals surface area contributed by atoms with Crippen molar-refractivity contribution in [3.8, 4) is 5.75 Å². The van der Waals surface area contributed by atoms with Crippen LogP contribution < -0.4 is 11.2 Å². The van der Waals surface area contributed by atoms with E-state index in [9.17, 15) is 13.5 Å². The second-order valence-corrected chi connectivity index (χ2v) is 11.7. The van der Waals surface area contributed by atoms with Crippen LogP contribution >= 0.6 is 0 Å². The third-order valence-electron chi connectivity index (χ3n) is 6.98. The van der Waals surface area contributed by atoms with Crippen LogP contribution in [0, 0.1) is 13.8 Å². The van der Waals surface area contributed by atoms with Gasteiger partial charge in [-0.2, -0.15) is 9.41 Å². The van der Waals surface area contributed by atoms with Gasteiger partial charge >= 0.3 is 0 Å². The van der Waals surface area contributed by atoms with Crippen molar-refractivity contribution in [2.75, 3.05) is 31.4 Å². The number of phenolic OH excluding ortho intramolecular Hbond substituents is 1. The van der Waals surface area contributed by atoms with E-state index in [1.54, 1.807) is 31.4 Å². The first-order chi connectivity index (χ1) is 19.0. The van der Waals surface area contributed by atoms with Crippen molar-refractivity contribution in [2.24, 2.45) is 5.10 Å². The lowest BCUT2D eigenvalue weighted by molar-refractivity contribution is 0.315. The number of nitrogen functional groups attached to an aromatic ring is 1. The largest absolute Gasteiger partial charge is 0.505 e. The minimum Gasteiger partial charge on any atom is -0.505 e. The van der Waals surface area contributed by atoms with Crippen molar-refractivity contribution in [1.82, 2.24) is 4.31 Å². The van der Waals surface area contributed by atoms with Crippen LogP contribution in [-0.2, 0) is 14.8 Å². The molecule has 0 amide bonds. The Morgan fingerprint density at radius 2 is 1.73 bits per heavy atom. The molecule has 0 saturated heterocycles. The molecule has 0 radical (unpaired) electrons. The Bertz CT molecular complexity index is 1680. The van der Waals surface area contributed by atoms with Gasteiger partial charge in [0.1, 0.15) is 17.2 Å². The number of nitrogens with two attached hydrogens (primary N) is 1. The molecule has 40 heavy (non-hydrogen) atoms. The molecule has 9 heteroatoms. The van der Waals surface area contributed by atoms with E-state index in [0.29, 0.717) is 41.3 Å². The molecule has 8 nitrogen and oxygen atoms in total. The van der Waals surface area contributed by atoms with Gasteiger partial charge in [0.2, 0.25) is 10.0 Å². The standard InChI is InChI=1S/C31H36N4O4S/c1-7-35(8-2)40(37,38)25-11-9-22(10-12-25)17-23-18-28(39-6)27(16-20(23)4)33-34-30-21(5)15-24-13-19(3)14-26(32)29(24)31(30)36/h9-18,34,36H,7-8,32H2,1-6H3. The Kier molecular flexibility index (Phi) is 8.37. The maximum atomic E-state index is 12.8. The molecule has 0 aromatic heterocycles. The highest BCUT2D eigenvalue weighted by atomic mass is 32.2. The molecule has 0 spiro atoms. The molecule has 0 atom stereocenters. The Morgan fingerprint density at radius 3 is 2.35 bits per heavy atom. The number of ether oxygens (including phenoxy) is 1. The van der Waals surface area contributed by atoms with Crippen LogP contribution in [0.2, 0.25) is 0 Å². The first-order valence-electron chi connectivity index (χ1n) is 13.1. The first-order valence-corrected chi connectivity index (χ1v) is 14.6. The highest BCUT2D eigenvalue weighted by molar-refractivity contribution is 7.89. The highest BCUT2D eigenvalue weighted by Gasteiger charge is 2.21. The van der Waals surface area contributed by atoms with Gasteiger partial charge in [-0.15, -0.1) is 0 Å². The minimum atomic E-state index is -3.51. The zero-order valence-electron chi connectivity index (χ0n) is 23.7. The molecule has 4 rings (SSSR count). The quantitative estimate of drug-likeness (QED) is 0.174. The van der Waals surface area contributed by atoms with Crippen molar-refractivity contribution < 1.29 is 18.3 Å². The lowest BCUT2D eigenvalue weighted by Crippen LogP contribution is -2.30. The van der Waals surface area contributed by atoms with Gasteiger partial charge in [0.05, 0.1) is 12.0 Å². The number of anilines is 2. The number of methoxy groups -OCH3 is 1. The molecular weight excluding hydrogens is 524 g/mol. The summed E-state index contributed by atoms with van der Waals surface area (Å²) >= 11 is 0. The number of nitrogens with zero attached hydrogens (tertiary/aromatic N) is 2. The molecule has 210 valence electrons. The number of benzene rings is 3. The minimum absolute atomic E-state index is 0.0448. The molecule has 0 fully saturated rings. The molecule has 3 aromatic carbocycles. The average Bonchev–Trinajstić information content (AvgIpc) is 2.90. The van der Waals surface area contributed by atoms with Crippen LogP contribution in [0.25, 0.3) is 16.8 Å². The third-order valence-corrected chi connectivity index (χ3v) is 9.05.